The minimum absolute atomic E-state index is 0.0123. The molecule has 6 nitrogen and oxygen atoms in total. The van der Waals surface area contributed by atoms with Crippen LogP contribution in [0.1, 0.15) is 24.8 Å². The molecule has 0 radical (unpaired) electrons. The summed E-state index contributed by atoms with van der Waals surface area (Å²) in [5.41, 5.74) is 1.41. The summed E-state index contributed by atoms with van der Waals surface area (Å²) in [5, 5.41) is 3.34. The second-order valence-electron chi connectivity index (χ2n) is 6.99. The summed E-state index contributed by atoms with van der Waals surface area (Å²) in [7, 11) is 1.61. The van der Waals surface area contributed by atoms with Gasteiger partial charge in [-0.3, -0.25) is 9.59 Å². The van der Waals surface area contributed by atoms with Gasteiger partial charge in [0.15, 0.2) is 11.5 Å². The van der Waals surface area contributed by atoms with Crippen molar-refractivity contribution in [2.45, 2.75) is 32.3 Å². The van der Waals surface area contributed by atoms with Gasteiger partial charge in [-0.15, -0.1) is 0 Å². The molecule has 154 valence electrons. The number of amides is 2. The molecule has 0 aliphatic carbocycles. The average molecular weight is 417 g/mol. The normalized spacial score (nSPS) is 14.4. The zero-order valence-electron chi connectivity index (χ0n) is 16.6. The van der Waals surface area contributed by atoms with E-state index in [0.29, 0.717) is 48.1 Å². The second kappa shape index (κ2) is 9.65. The first kappa shape index (κ1) is 21.0. The van der Waals surface area contributed by atoms with Crippen LogP contribution in [0.4, 0.5) is 5.69 Å². The van der Waals surface area contributed by atoms with E-state index >= 15 is 0 Å². The third-order valence-corrected chi connectivity index (χ3v) is 5.42. The van der Waals surface area contributed by atoms with E-state index in [-0.39, 0.29) is 24.3 Å². The van der Waals surface area contributed by atoms with Crippen LogP contribution in [0.2, 0.25) is 5.02 Å². The molecule has 0 saturated carbocycles. The van der Waals surface area contributed by atoms with Crippen molar-refractivity contribution in [3.8, 4) is 11.5 Å². The highest BCUT2D eigenvalue weighted by atomic mass is 35.5. The quantitative estimate of drug-likeness (QED) is 0.721. The minimum Gasteiger partial charge on any atom is -0.493 e. The van der Waals surface area contributed by atoms with E-state index in [1.54, 1.807) is 30.2 Å². The predicted octanol–water partition coefficient (Wildman–Crippen LogP) is 4.06. The number of piperidine rings is 1. The number of carbonyl (C=O) groups is 2. The molecule has 3 rings (SSSR count). The Bertz CT molecular complexity index is 879. The molecule has 1 aliphatic heterocycles. The number of hydrogen-bond donors (Lipinski definition) is 1. The zero-order chi connectivity index (χ0) is 20.8. The number of ether oxygens (including phenoxy) is 2. The summed E-state index contributed by atoms with van der Waals surface area (Å²) in [4.78, 5) is 26.5. The Morgan fingerprint density at radius 1 is 1.10 bits per heavy atom. The Labute approximate surface area is 175 Å². The Balaban J connectivity index is 1.48. The van der Waals surface area contributed by atoms with E-state index in [1.165, 1.54) is 0 Å². The first-order valence-corrected chi connectivity index (χ1v) is 9.98. The summed E-state index contributed by atoms with van der Waals surface area (Å²) in [6.45, 7) is 2.94. The standard InChI is InChI=1S/C22H25ClN2O4/c1-15-17(23)6-5-7-18(15)24-21(26)14-22(27)25-12-10-16(11-13-25)29-20-9-4-3-8-19(20)28-2/h3-9,16H,10-14H2,1-2H3,(H,24,26). The number of halogens is 1. The molecular weight excluding hydrogens is 392 g/mol. The predicted molar refractivity (Wildman–Crippen MR) is 113 cm³/mol. The van der Waals surface area contributed by atoms with E-state index < -0.39 is 0 Å². The highest BCUT2D eigenvalue weighted by molar-refractivity contribution is 6.31. The van der Waals surface area contributed by atoms with Crippen molar-refractivity contribution in [3.63, 3.8) is 0 Å². The van der Waals surface area contributed by atoms with Crippen molar-refractivity contribution in [1.29, 1.82) is 0 Å². The maximum absolute atomic E-state index is 12.5. The van der Waals surface area contributed by atoms with Crippen molar-refractivity contribution in [3.05, 3.63) is 53.1 Å². The highest BCUT2D eigenvalue weighted by Gasteiger charge is 2.26. The number of likely N-dealkylation sites (tertiary alicyclic amines) is 1. The number of rotatable bonds is 6. The van der Waals surface area contributed by atoms with Crippen molar-refractivity contribution in [2.75, 3.05) is 25.5 Å². The Morgan fingerprint density at radius 2 is 1.79 bits per heavy atom. The van der Waals surface area contributed by atoms with Crippen LogP contribution in [-0.4, -0.2) is 43.0 Å². The van der Waals surface area contributed by atoms with E-state index in [4.69, 9.17) is 21.1 Å². The molecule has 0 atom stereocenters. The molecule has 1 saturated heterocycles. The second-order valence-corrected chi connectivity index (χ2v) is 7.39. The third kappa shape index (κ3) is 5.41. The molecule has 1 heterocycles. The van der Waals surface area contributed by atoms with Crippen LogP contribution < -0.4 is 14.8 Å². The molecule has 7 heteroatoms. The van der Waals surface area contributed by atoms with E-state index in [9.17, 15) is 9.59 Å². The van der Waals surface area contributed by atoms with E-state index in [1.807, 2.05) is 31.2 Å². The number of carbonyl (C=O) groups excluding carboxylic acids is 2. The van der Waals surface area contributed by atoms with Crippen LogP contribution in [0.25, 0.3) is 0 Å². The maximum Gasteiger partial charge on any atom is 0.233 e. The molecule has 1 fully saturated rings. The summed E-state index contributed by atoms with van der Waals surface area (Å²) >= 11 is 6.07. The summed E-state index contributed by atoms with van der Waals surface area (Å²) in [6.07, 6.45) is 1.24. The number of methoxy groups -OCH3 is 1. The van der Waals surface area contributed by atoms with Gasteiger partial charge in [0, 0.05) is 36.6 Å². The van der Waals surface area contributed by atoms with Crippen molar-refractivity contribution >= 4 is 29.1 Å². The van der Waals surface area contributed by atoms with Crippen molar-refractivity contribution in [1.82, 2.24) is 4.90 Å². The van der Waals surface area contributed by atoms with Crippen LogP contribution in [0.5, 0.6) is 11.5 Å². The molecule has 1 N–H and O–H groups in total. The number of benzene rings is 2. The number of hydrogen-bond acceptors (Lipinski definition) is 4. The van der Waals surface area contributed by atoms with Gasteiger partial charge in [0.2, 0.25) is 11.8 Å². The van der Waals surface area contributed by atoms with Crippen LogP contribution in [0.15, 0.2) is 42.5 Å². The Morgan fingerprint density at radius 3 is 2.48 bits per heavy atom. The fraction of sp³-hybridized carbons (Fsp3) is 0.364. The monoisotopic (exact) mass is 416 g/mol. The first-order valence-electron chi connectivity index (χ1n) is 9.60. The number of para-hydroxylation sites is 2. The molecule has 1 aliphatic rings. The summed E-state index contributed by atoms with van der Waals surface area (Å²) in [5.74, 6) is 0.876. The topological polar surface area (TPSA) is 67.9 Å². The largest absolute Gasteiger partial charge is 0.493 e. The minimum atomic E-state index is -0.340. The lowest BCUT2D eigenvalue weighted by Gasteiger charge is -2.32. The van der Waals surface area contributed by atoms with Gasteiger partial charge in [-0.05, 0) is 36.8 Å². The van der Waals surface area contributed by atoms with Gasteiger partial charge in [0.05, 0.1) is 7.11 Å². The third-order valence-electron chi connectivity index (χ3n) is 5.01. The average Bonchev–Trinajstić information content (AvgIpc) is 2.72. The number of nitrogens with one attached hydrogen (secondary N) is 1. The van der Waals surface area contributed by atoms with E-state index in [2.05, 4.69) is 5.32 Å². The molecular formula is C22H25ClN2O4. The van der Waals surface area contributed by atoms with Gasteiger partial charge in [0.1, 0.15) is 12.5 Å². The first-order chi connectivity index (χ1) is 14.0. The lowest BCUT2D eigenvalue weighted by Crippen LogP contribution is -2.42. The Hall–Kier alpha value is -2.73. The van der Waals surface area contributed by atoms with Gasteiger partial charge < -0.3 is 19.7 Å². The summed E-state index contributed by atoms with van der Waals surface area (Å²) < 4.78 is 11.3. The molecule has 0 aromatic heterocycles. The van der Waals surface area contributed by atoms with Crippen LogP contribution in [0.3, 0.4) is 0 Å². The molecule has 0 bridgehead atoms. The zero-order valence-corrected chi connectivity index (χ0v) is 17.4. The van der Waals surface area contributed by atoms with Crippen molar-refractivity contribution < 1.29 is 19.1 Å². The smallest absolute Gasteiger partial charge is 0.233 e. The SMILES string of the molecule is COc1ccccc1OC1CCN(C(=O)CC(=O)Nc2cccc(Cl)c2C)CC1. The molecule has 2 aromatic carbocycles. The molecule has 2 amide bonds. The lowest BCUT2D eigenvalue weighted by molar-refractivity contribution is -0.136. The molecule has 2 aromatic rings. The van der Waals surface area contributed by atoms with Crippen LogP contribution in [-0.2, 0) is 9.59 Å². The molecule has 29 heavy (non-hydrogen) atoms. The fourth-order valence-electron chi connectivity index (χ4n) is 3.31. The van der Waals surface area contributed by atoms with Gasteiger partial charge in [0.25, 0.3) is 0 Å². The molecule has 0 unspecified atom stereocenters. The van der Waals surface area contributed by atoms with Crippen LogP contribution in [0, 0.1) is 6.92 Å². The van der Waals surface area contributed by atoms with Gasteiger partial charge in [-0.2, -0.15) is 0 Å². The van der Waals surface area contributed by atoms with Gasteiger partial charge >= 0.3 is 0 Å². The summed E-state index contributed by atoms with van der Waals surface area (Å²) in [6, 6.07) is 12.8. The van der Waals surface area contributed by atoms with Gasteiger partial charge in [-0.25, -0.2) is 0 Å². The van der Waals surface area contributed by atoms with E-state index in [0.717, 1.165) is 5.56 Å². The Kier molecular flexibility index (Phi) is 6.99. The molecule has 0 spiro atoms. The number of anilines is 1. The van der Waals surface area contributed by atoms with Crippen molar-refractivity contribution in [2.24, 2.45) is 0 Å². The lowest BCUT2D eigenvalue weighted by atomic mass is 10.1. The number of nitrogens with zero attached hydrogens (tertiary/aromatic N) is 1. The van der Waals surface area contributed by atoms with Gasteiger partial charge in [-0.1, -0.05) is 29.8 Å². The maximum atomic E-state index is 12.5. The fourth-order valence-corrected chi connectivity index (χ4v) is 3.48. The van der Waals surface area contributed by atoms with Crippen LogP contribution >= 0.6 is 11.6 Å². The highest BCUT2D eigenvalue weighted by Crippen LogP contribution is 2.29.